The summed E-state index contributed by atoms with van der Waals surface area (Å²) in [4.78, 5) is 0. The molecule has 0 aliphatic heterocycles. The van der Waals surface area contributed by atoms with Crippen molar-refractivity contribution < 1.29 is 14.7 Å². The van der Waals surface area contributed by atoms with Crippen LogP contribution in [0.3, 0.4) is 0 Å². The van der Waals surface area contributed by atoms with Gasteiger partial charge < -0.3 is 14.7 Å². The Morgan fingerprint density at radius 3 is 2.42 bits per heavy atom. The maximum absolute atomic E-state index is 9.99. The van der Waals surface area contributed by atoms with E-state index in [9.17, 15) is 10.3 Å². The summed E-state index contributed by atoms with van der Waals surface area (Å²) >= 11 is 4.14. The molecule has 0 unspecified atom stereocenters. The van der Waals surface area contributed by atoms with Crippen molar-refractivity contribution in [2.75, 3.05) is 0 Å². The molecule has 2 aromatic carbocycles. The van der Waals surface area contributed by atoms with Gasteiger partial charge in [0.15, 0.2) is 0 Å². The van der Waals surface area contributed by atoms with E-state index in [1.807, 2.05) is 32.0 Å². The first-order chi connectivity index (χ1) is 11.5. The summed E-state index contributed by atoms with van der Waals surface area (Å²) in [6.45, 7) is 4.03. The molecule has 0 bridgehead atoms. The zero-order valence-electron chi connectivity index (χ0n) is 13.1. The smallest absolute Gasteiger partial charge is 0.142 e. The van der Waals surface area contributed by atoms with E-state index in [0.29, 0.717) is 19.3 Å². The largest absolute Gasteiger partial charge is 0.506 e. The predicted octanol–water partition coefficient (Wildman–Crippen LogP) is 5.45. The summed E-state index contributed by atoms with van der Waals surface area (Å²) in [6.07, 6.45) is 0.689. The second kappa shape index (κ2) is 6.91. The van der Waals surface area contributed by atoms with E-state index in [1.165, 1.54) is 0 Å². The van der Waals surface area contributed by atoms with Crippen molar-refractivity contribution in [2.45, 2.75) is 20.3 Å². The number of fused-ring (bicyclic) bond motifs is 1. The fourth-order valence-corrected chi connectivity index (χ4v) is 4.49. The van der Waals surface area contributed by atoms with Crippen molar-refractivity contribution in [1.82, 2.24) is 0 Å². The molecule has 0 amide bonds. The highest BCUT2D eigenvalue weighted by Crippen LogP contribution is 2.33. The number of phenolic OH excluding ortho intramolecular Hbond substituents is 1. The Balaban J connectivity index is 2.30. The van der Waals surface area contributed by atoms with Gasteiger partial charge in [0, 0.05) is 17.4 Å². The molecule has 0 spiro atoms. The topological polar surface area (TPSA) is 66.0 Å². The molecule has 0 saturated carbocycles. The molecule has 4 nitrogen and oxygen atoms in total. The lowest BCUT2D eigenvalue weighted by atomic mass is 9.97. The second-order valence-corrected chi connectivity index (χ2v) is 7.81. The molecule has 0 aliphatic carbocycles. The molecule has 24 heavy (non-hydrogen) atoms. The van der Waals surface area contributed by atoms with Gasteiger partial charge in [0.2, 0.25) is 0 Å². The molecular weight excluding hydrogens is 532 g/mol. The lowest BCUT2D eigenvalue weighted by Gasteiger charge is -2.09. The number of hydrogen-bond donors (Lipinski definition) is 2. The van der Waals surface area contributed by atoms with Crippen molar-refractivity contribution in [3.8, 4) is 5.75 Å². The van der Waals surface area contributed by atoms with Gasteiger partial charge in [-0.05, 0) is 76.4 Å². The summed E-state index contributed by atoms with van der Waals surface area (Å²) in [5.74, 6) is 1.02. The van der Waals surface area contributed by atoms with E-state index >= 15 is 0 Å². The van der Waals surface area contributed by atoms with E-state index in [-0.39, 0.29) is 5.75 Å². The van der Waals surface area contributed by atoms with Crippen LogP contribution in [-0.2, 0) is 6.42 Å². The Kier molecular flexibility index (Phi) is 5.05. The second-order valence-electron chi connectivity index (χ2n) is 5.49. The number of benzene rings is 2. The quantitative estimate of drug-likeness (QED) is 0.199. The van der Waals surface area contributed by atoms with E-state index < -0.39 is 0 Å². The highest BCUT2D eigenvalue weighted by atomic mass is 127. The zero-order valence-corrected chi connectivity index (χ0v) is 17.4. The Labute approximate surface area is 166 Å². The van der Waals surface area contributed by atoms with Gasteiger partial charge in [0.25, 0.3) is 0 Å². The van der Waals surface area contributed by atoms with Crippen molar-refractivity contribution in [3.63, 3.8) is 0 Å². The number of rotatable bonds is 3. The van der Waals surface area contributed by atoms with Crippen LogP contribution in [0.1, 0.15) is 29.4 Å². The maximum atomic E-state index is 9.99. The van der Waals surface area contributed by atoms with Crippen LogP contribution in [-0.4, -0.2) is 16.0 Å². The molecule has 1 heterocycles. The minimum atomic E-state index is 0.237. The Morgan fingerprint density at radius 1 is 1.17 bits per heavy atom. The fraction of sp³-hybridized carbons (Fsp3) is 0.167. The van der Waals surface area contributed by atoms with E-state index in [2.05, 4.69) is 50.3 Å². The number of nitrogens with zero attached hydrogens (tertiary/aromatic N) is 1. The third-order valence-corrected chi connectivity index (χ3v) is 5.51. The van der Waals surface area contributed by atoms with Crippen molar-refractivity contribution in [1.29, 1.82) is 0 Å². The van der Waals surface area contributed by atoms with E-state index in [1.54, 1.807) is 12.1 Å². The van der Waals surface area contributed by atoms with E-state index in [0.717, 1.165) is 33.4 Å². The molecule has 124 valence electrons. The van der Waals surface area contributed by atoms with Crippen LogP contribution in [0.25, 0.3) is 11.0 Å². The summed E-state index contributed by atoms with van der Waals surface area (Å²) in [7, 11) is 0. The van der Waals surface area contributed by atoms with Crippen LogP contribution in [0, 0.1) is 14.1 Å². The summed E-state index contributed by atoms with van der Waals surface area (Å²) in [5.41, 5.74) is 3.88. The van der Waals surface area contributed by atoms with Gasteiger partial charge in [-0.25, -0.2) is 0 Å². The molecular formula is C18H15I2NO3. The third-order valence-electron chi connectivity index (χ3n) is 3.86. The van der Waals surface area contributed by atoms with Gasteiger partial charge in [-0.1, -0.05) is 23.7 Å². The van der Waals surface area contributed by atoms with Crippen LogP contribution >= 0.6 is 45.2 Å². The Hall–Kier alpha value is -1.29. The standard InChI is InChI=1S/C18H15I2NO3/c1-3-14-16(11-6-9(2)4-5-15(11)24-14)17(21-23)10-7-12(19)18(22)13(20)8-10/h4-8,22-23H,3H2,1-2H3/b21-17+. The molecule has 0 radical (unpaired) electrons. The molecule has 3 rings (SSSR count). The maximum Gasteiger partial charge on any atom is 0.142 e. The van der Waals surface area contributed by atoms with Crippen LogP contribution in [0.5, 0.6) is 5.75 Å². The molecule has 0 aliphatic rings. The summed E-state index contributed by atoms with van der Waals surface area (Å²) < 4.78 is 7.36. The van der Waals surface area contributed by atoms with Gasteiger partial charge in [-0.15, -0.1) is 0 Å². The molecule has 2 N–H and O–H groups in total. The lowest BCUT2D eigenvalue weighted by Crippen LogP contribution is -2.06. The minimum Gasteiger partial charge on any atom is -0.506 e. The van der Waals surface area contributed by atoms with Crippen molar-refractivity contribution in [3.05, 3.63) is 59.9 Å². The monoisotopic (exact) mass is 547 g/mol. The number of aromatic hydroxyl groups is 1. The fourth-order valence-electron chi connectivity index (χ4n) is 2.73. The number of furan rings is 1. The number of phenols is 1. The van der Waals surface area contributed by atoms with E-state index in [4.69, 9.17) is 4.42 Å². The number of halogens is 2. The number of aryl methyl sites for hydroxylation is 2. The van der Waals surface area contributed by atoms with Crippen LogP contribution < -0.4 is 0 Å². The Bertz CT molecular complexity index is 937. The number of oxime groups is 1. The van der Waals surface area contributed by atoms with Gasteiger partial charge >= 0.3 is 0 Å². The first kappa shape index (κ1) is 17.5. The molecule has 3 aromatic rings. The summed E-state index contributed by atoms with van der Waals surface area (Å²) in [6, 6.07) is 9.58. The van der Waals surface area contributed by atoms with Crippen molar-refractivity contribution >= 4 is 61.9 Å². The zero-order chi connectivity index (χ0) is 17.4. The molecule has 6 heteroatoms. The minimum absolute atomic E-state index is 0.237. The van der Waals surface area contributed by atoms with Gasteiger partial charge in [-0.2, -0.15) is 0 Å². The van der Waals surface area contributed by atoms with Crippen LogP contribution in [0.4, 0.5) is 0 Å². The molecule has 0 fully saturated rings. The van der Waals surface area contributed by atoms with Crippen LogP contribution in [0.2, 0.25) is 0 Å². The molecule has 0 atom stereocenters. The van der Waals surface area contributed by atoms with Crippen molar-refractivity contribution in [2.24, 2.45) is 5.16 Å². The average molecular weight is 547 g/mol. The van der Waals surface area contributed by atoms with Gasteiger partial charge in [0.1, 0.15) is 22.8 Å². The van der Waals surface area contributed by atoms with Gasteiger partial charge in [-0.3, -0.25) is 0 Å². The average Bonchev–Trinajstić information content (AvgIpc) is 2.91. The molecule has 0 saturated heterocycles. The Morgan fingerprint density at radius 2 is 1.83 bits per heavy atom. The first-order valence-corrected chi connectivity index (χ1v) is 9.54. The highest BCUT2D eigenvalue weighted by molar-refractivity contribution is 14.1. The predicted molar refractivity (Wildman–Crippen MR) is 111 cm³/mol. The highest BCUT2D eigenvalue weighted by Gasteiger charge is 2.21. The number of hydrogen-bond acceptors (Lipinski definition) is 4. The third kappa shape index (κ3) is 3.01. The van der Waals surface area contributed by atoms with Crippen LogP contribution in [0.15, 0.2) is 39.9 Å². The summed E-state index contributed by atoms with van der Waals surface area (Å²) in [5, 5.41) is 24.2. The lowest BCUT2D eigenvalue weighted by molar-refractivity contribution is 0.319. The first-order valence-electron chi connectivity index (χ1n) is 7.39. The normalized spacial score (nSPS) is 12.1. The molecule has 1 aromatic heterocycles. The SMILES string of the molecule is CCc1oc2ccc(C)cc2c1/C(=N/O)c1cc(I)c(O)c(I)c1. The van der Waals surface area contributed by atoms with Gasteiger partial charge in [0.05, 0.1) is 12.7 Å².